The zero-order chi connectivity index (χ0) is 37.5. The second-order valence-corrected chi connectivity index (χ2v) is 13.8. The number of halogens is 3. The van der Waals surface area contributed by atoms with Gasteiger partial charge in [0.05, 0.1) is 18.8 Å². The molecule has 2 amide bonds. The number of likely N-dealkylation sites (N-methyl/N-ethyl adjacent to an activating group) is 1. The first-order valence-electron chi connectivity index (χ1n) is 17.9. The van der Waals surface area contributed by atoms with Gasteiger partial charge in [0.25, 0.3) is 0 Å². The molecular weight excluding hydrogens is 685 g/mol. The molecule has 280 valence electrons. The van der Waals surface area contributed by atoms with Crippen LogP contribution in [0.1, 0.15) is 60.1 Å². The molecule has 0 radical (unpaired) electrons. The molecule has 12 heteroatoms. The Morgan fingerprint density at radius 1 is 0.962 bits per heavy atom. The van der Waals surface area contributed by atoms with Crippen molar-refractivity contribution in [1.29, 1.82) is 0 Å². The highest BCUT2D eigenvalue weighted by Crippen LogP contribution is 2.42. The van der Waals surface area contributed by atoms with Crippen molar-refractivity contribution in [3.63, 3.8) is 0 Å². The third-order valence-electron chi connectivity index (χ3n) is 10.1. The van der Waals surface area contributed by atoms with E-state index in [1.54, 1.807) is 6.20 Å². The Bertz CT molecular complexity index is 1820. The van der Waals surface area contributed by atoms with Crippen LogP contribution in [-0.2, 0) is 38.6 Å². The summed E-state index contributed by atoms with van der Waals surface area (Å²) in [6, 6.07) is 27.9. The first kappa shape index (κ1) is 38.1. The molecule has 0 unspecified atom stereocenters. The van der Waals surface area contributed by atoms with Gasteiger partial charge < -0.3 is 29.7 Å². The normalized spacial score (nSPS) is 21.9. The van der Waals surface area contributed by atoms with Gasteiger partial charge in [-0.1, -0.05) is 85.8 Å². The number of benzene rings is 3. The van der Waals surface area contributed by atoms with Crippen LogP contribution in [0.25, 0.3) is 11.1 Å². The molecule has 53 heavy (non-hydrogen) atoms. The fourth-order valence-electron chi connectivity index (χ4n) is 7.10. The Balaban J connectivity index is 1.16. The summed E-state index contributed by atoms with van der Waals surface area (Å²) in [7, 11) is 2.08. The molecule has 2 aliphatic rings. The minimum absolute atomic E-state index is 0.0211. The number of nitrogens with zero attached hydrogens (tertiary/aromatic N) is 3. The number of nitrogens with one attached hydrogen (secondary N) is 1. The summed E-state index contributed by atoms with van der Waals surface area (Å²) in [5.74, 6) is -2.57. The van der Waals surface area contributed by atoms with Crippen LogP contribution in [0.5, 0.6) is 0 Å². The number of carbonyl (C=O) groups excluding carboxylic acids is 2. The van der Waals surface area contributed by atoms with Gasteiger partial charge in [0.2, 0.25) is 5.91 Å². The number of carbonyl (C=O) groups is 2. The van der Waals surface area contributed by atoms with Gasteiger partial charge in [-0.3, -0.25) is 14.6 Å². The molecule has 0 aliphatic carbocycles. The van der Waals surface area contributed by atoms with Gasteiger partial charge in [0, 0.05) is 56.0 Å². The Hall–Kier alpha value is -4.62. The highest BCUT2D eigenvalue weighted by Gasteiger charge is 2.47. The van der Waals surface area contributed by atoms with Crippen LogP contribution in [0.4, 0.5) is 13.2 Å². The lowest BCUT2D eigenvalue weighted by atomic mass is 9.90. The van der Waals surface area contributed by atoms with Crippen LogP contribution >= 0.6 is 0 Å². The molecule has 3 heterocycles. The fraction of sp³-hybridized carbons (Fsp3) is 0.390. The molecule has 2 aliphatic heterocycles. The van der Waals surface area contributed by atoms with Gasteiger partial charge in [-0.2, -0.15) is 13.2 Å². The largest absolute Gasteiger partial charge is 0.471 e. The first-order valence-corrected chi connectivity index (χ1v) is 17.9. The van der Waals surface area contributed by atoms with Gasteiger partial charge >= 0.3 is 12.1 Å². The Kier molecular flexibility index (Phi) is 12.2. The molecule has 1 aromatic heterocycles. The summed E-state index contributed by atoms with van der Waals surface area (Å²) in [4.78, 5) is 32.2. The van der Waals surface area contributed by atoms with E-state index in [0.717, 1.165) is 52.0 Å². The van der Waals surface area contributed by atoms with Gasteiger partial charge in [0.1, 0.15) is 6.04 Å². The molecule has 5 atom stereocenters. The lowest BCUT2D eigenvalue weighted by Gasteiger charge is -2.42. The Morgan fingerprint density at radius 2 is 1.68 bits per heavy atom. The minimum Gasteiger partial charge on any atom is -0.392 e. The Morgan fingerprint density at radius 3 is 2.38 bits per heavy atom. The fourth-order valence-corrected chi connectivity index (χ4v) is 7.10. The van der Waals surface area contributed by atoms with Crippen LogP contribution in [0.3, 0.4) is 0 Å². The number of likely N-dealkylation sites (tertiary alicyclic amines) is 1. The summed E-state index contributed by atoms with van der Waals surface area (Å²) in [6.45, 7) is 3.56. The lowest BCUT2D eigenvalue weighted by Crippen LogP contribution is -2.50. The molecular formula is C41H45F3N4O5. The van der Waals surface area contributed by atoms with E-state index in [1.807, 2.05) is 91.0 Å². The van der Waals surface area contributed by atoms with E-state index in [1.165, 1.54) is 0 Å². The van der Waals surface area contributed by atoms with Crippen molar-refractivity contribution in [2.75, 3.05) is 26.7 Å². The number of rotatable bonds is 12. The second kappa shape index (κ2) is 17.0. The van der Waals surface area contributed by atoms with Gasteiger partial charge in [-0.15, -0.1) is 0 Å². The Labute approximate surface area is 307 Å². The maximum Gasteiger partial charge on any atom is 0.471 e. The first-order chi connectivity index (χ1) is 25.5. The summed E-state index contributed by atoms with van der Waals surface area (Å²) < 4.78 is 52.7. The summed E-state index contributed by atoms with van der Waals surface area (Å²) in [5, 5.41) is 12.4. The number of hydrogen-bond acceptors (Lipinski definition) is 7. The molecule has 2 N–H and O–H groups in total. The molecule has 9 nitrogen and oxygen atoms in total. The number of aliphatic hydroxyl groups excluding tert-OH is 1. The van der Waals surface area contributed by atoms with Crippen molar-refractivity contribution in [2.24, 2.45) is 5.92 Å². The van der Waals surface area contributed by atoms with Gasteiger partial charge in [0.15, 0.2) is 6.29 Å². The third-order valence-corrected chi connectivity index (χ3v) is 10.1. The van der Waals surface area contributed by atoms with Crippen LogP contribution in [0.15, 0.2) is 97.2 Å². The molecule has 3 aromatic carbocycles. The number of alkyl halides is 3. The zero-order valence-electron chi connectivity index (χ0n) is 29.8. The topological polar surface area (TPSA) is 104 Å². The van der Waals surface area contributed by atoms with Crippen molar-refractivity contribution >= 4 is 11.8 Å². The van der Waals surface area contributed by atoms with E-state index in [9.17, 15) is 27.9 Å². The summed E-state index contributed by atoms with van der Waals surface area (Å²) in [5.41, 5.74) is 6.19. The maximum atomic E-state index is 13.1. The number of amides is 2. The molecule has 2 saturated heterocycles. The highest BCUT2D eigenvalue weighted by atomic mass is 19.4. The van der Waals surface area contributed by atoms with Crippen LogP contribution < -0.4 is 5.32 Å². The molecule has 2 fully saturated rings. The van der Waals surface area contributed by atoms with Crippen molar-refractivity contribution in [2.45, 2.75) is 70.1 Å². The van der Waals surface area contributed by atoms with E-state index >= 15 is 0 Å². The summed E-state index contributed by atoms with van der Waals surface area (Å²) in [6.07, 6.45) is -2.98. The van der Waals surface area contributed by atoms with Crippen molar-refractivity contribution < 1.29 is 37.3 Å². The van der Waals surface area contributed by atoms with E-state index in [4.69, 9.17) is 9.47 Å². The lowest BCUT2D eigenvalue weighted by molar-refractivity contribution is -0.275. The van der Waals surface area contributed by atoms with E-state index < -0.39 is 30.3 Å². The van der Waals surface area contributed by atoms with Crippen LogP contribution in [-0.4, -0.2) is 76.7 Å². The number of aromatic nitrogens is 1. The second-order valence-electron chi connectivity index (χ2n) is 13.8. The predicted molar refractivity (Wildman–Crippen MR) is 193 cm³/mol. The molecule has 0 saturated carbocycles. The zero-order valence-corrected chi connectivity index (χ0v) is 29.8. The van der Waals surface area contributed by atoms with Crippen LogP contribution in [0, 0.1) is 5.92 Å². The smallest absolute Gasteiger partial charge is 0.392 e. The van der Waals surface area contributed by atoms with E-state index in [2.05, 4.69) is 29.2 Å². The number of ether oxygens (including phenoxy) is 2. The van der Waals surface area contributed by atoms with E-state index in [-0.39, 0.29) is 44.2 Å². The average Bonchev–Trinajstić information content (AvgIpc) is 3.67. The van der Waals surface area contributed by atoms with Gasteiger partial charge in [-0.05, 0) is 59.8 Å². The number of hydrogen-bond donors (Lipinski definition) is 2. The summed E-state index contributed by atoms with van der Waals surface area (Å²) >= 11 is 0. The van der Waals surface area contributed by atoms with Gasteiger partial charge in [-0.25, -0.2) is 0 Å². The minimum atomic E-state index is -5.03. The maximum absolute atomic E-state index is 13.1. The van der Waals surface area contributed by atoms with Crippen LogP contribution in [0.2, 0.25) is 0 Å². The molecule has 0 bridgehead atoms. The highest BCUT2D eigenvalue weighted by molar-refractivity contribution is 5.90. The van der Waals surface area contributed by atoms with Crippen molar-refractivity contribution in [1.82, 2.24) is 20.1 Å². The van der Waals surface area contributed by atoms with E-state index in [0.29, 0.717) is 17.9 Å². The monoisotopic (exact) mass is 730 g/mol. The molecule has 4 aromatic rings. The van der Waals surface area contributed by atoms with Crippen molar-refractivity contribution in [3.8, 4) is 11.1 Å². The standard InChI is InChI=1S/C41H45F3N4O5/c1-27-36(25-47(2)23-20-33-9-5-6-21-45-33)52-39(53-37(27)30-14-12-28(26-49)13-15-30)31-18-16-29(17-19-31)34-10-4-3-8-32(34)24-46-38(50)35-11-7-22-48(35)40(51)41(42,43)44/h3-6,8-10,12-19,21,27,35-37,39,49H,7,11,20,22-26H2,1-2H3,(H,46,50)/t27-,35-,36+,37+,39+/m0/s1. The van der Waals surface area contributed by atoms with Crippen molar-refractivity contribution in [3.05, 3.63) is 125 Å². The SMILES string of the molecule is C[C@H]1[C@@H](CN(C)CCc2ccccn2)O[C@@H](c2ccc(-c3ccccc3CNC(=O)[C@@H]3CCCN3C(=O)C(F)(F)F)cc2)O[C@H]1c1ccc(CO)cc1. The molecule has 0 spiro atoms. The number of pyridine rings is 1. The quantitative estimate of drug-likeness (QED) is 0.175. The number of aliphatic hydroxyl groups is 1. The predicted octanol–water partition coefficient (Wildman–Crippen LogP) is 6.38. The molecule has 6 rings (SSSR count). The third kappa shape index (κ3) is 9.31. The average molecular weight is 731 g/mol.